The highest BCUT2D eigenvalue weighted by Crippen LogP contribution is 2.22. The van der Waals surface area contributed by atoms with E-state index in [4.69, 9.17) is 9.47 Å². The monoisotopic (exact) mass is 229 g/mol. The normalized spacial score (nSPS) is 25.5. The first kappa shape index (κ1) is 13.9. The summed E-state index contributed by atoms with van der Waals surface area (Å²) in [6.07, 6.45) is 6.02. The van der Waals surface area contributed by atoms with Crippen LogP contribution in [0.2, 0.25) is 0 Å². The largest absolute Gasteiger partial charge is 0.378 e. The Balaban J connectivity index is 2.34. The van der Waals surface area contributed by atoms with Crippen LogP contribution in [0, 0.1) is 0 Å². The summed E-state index contributed by atoms with van der Waals surface area (Å²) in [5, 5.41) is 3.65. The van der Waals surface area contributed by atoms with Crippen LogP contribution in [0.25, 0.3) is 0 Å². The van der Waals surface area contributed by atoms with Crippen molar-refractivity contribution in [3.63, 3.8) is 0 Å². The number of hydrogen-bond donors (Lipinski definition) is 1. The van der Waals surface area contributed by atoms with Gasteiger partial charge in [-0.15, -0.1) is 0 Å². The second-order valence-corrected chi connectivity index (χ2v) is 4.84. The van der Waals surface area contributed by atoms with Gasteiger partial charge in [0, 0.05) is 32.7 Å². The summed E-state index contributed by atoms with van der Waals surface area (Å²) in [6, 6.07) is 0.641. The van der Waals surface area contributed by atoms with Crippen molar-refractivity contribution in [2.45, 2.75) is 57.6 Å². The van der Waals surface area contributed by atoms with Crippen molar-refractivity contribution in [3.8, 4) is 0 Å². The lowest BCUT2D eigenvalue weighted by Gasteiger charge is -2.29. The summed E-state index contributed by atoms with van der Waals surface area (Å²) < 4.78 is 11.1. The second-order valence-electron chi connectivity index (χ2n) is 4.84. The molecule has 16 heavy (non-hydrogen) atoms. The molecular weight excluding hydrogens is 202 g/mol. The van der Waals surface area contributed by atoms with Crippen molar-refractivity contribution in [2.24, 2.45) is 0 Å². The first-order valence-corrected chi connectivity index (χ1v) is 6.62. The van der Waals surface area contributed by atoms with E-state index in [1.54, 1.807) is 7.11 Å². The Morgan fingerprint density at radius 1 is 1.31 bits per heavy atom. The minimum atomic E-state index is -0.0697. The van der Waals surface area contributed by atoms with E-state index in [-0.39, 0.29) is 5.60 Å². The fraction of sp³-hybridized carbons (Fsp3) is 1.00. The van der Waals surface area contributed by atoms with E-state index in [0.717, 1.165) is 26.2 Å². The highest BCUT2D eigenvalue weighted by atomic mass is 16.5. The topological polar surface area (TPSA) is 30.5 Å². The van der Waals surface area contributed by atoms with Crippen LogP contribution >= 0.6 is 0 Å². The summed E-state index contributed by atoms with van der Waals surface area (Å²) >= 11 is 0. The van der Waals surface area contributed by atoms with Crippen molar-refractivity contribution in [1.29, 1.82) is 0 Å². The first-order valence-electron chi connectivity index (χ1n) is 6.62. The maximum Gasteiger partial charge on any atom is 0.106 e. The molecule has 1 fully saturated rings. The van der Waals surface area contributed by atoms with Gasteiger partial charge in [-0.2, -0.15) is 0 Å². The third-order valence-corrected chi connectivity index (χ3v) is 3.49. The van der Waals surface area contributed by atoms with Crippen LogP contribution in [-0.2, 0) is 9.47 Å². The van der Waals surface area contributed by atoms with Gasteiger partial charge in [0.1, 0.15) is 5.60 Å². The molecule has 0 aromatic heterocycles. The molecule has 0 saturated carbocycles. The van der Waals surface area contributed by atoms with Crippen molar-refractivity contribution in [3.05, 3.63) is 0 Å². The van der Waals surface area contributed by atoms with Crippen LogP contribution in [0.5, 0.6) is 0 Å². The second kappa shape index (κ2) is 7.25. The predicted molar refractivity (Wildman–Crippen MR) is 66.8 cm³/mol. The smallest absolute Gasteiger partial charge is 0.106 e. The average molecular weight is 229 g/mol. The van der Waals surface area contributed by atoms with Crippen molar-refractivity contribution in [1.82, 2.24) is 5.32 Å². The maximum absolute atomic E-state index is 5.62. The van der Waals surface area contributed by atoms with Crippen molar-refractivity contribution < 1.29 is 9.47 Å². The SMILES string of the molecule is CCCC(CCC)NCC1(OC)CCOC1. The van der Waals surface area contributed by atoms with Gasteiger partial charge in [-0.1, -0.05) is 26.7 Å². The molecule has 1 unspecified atom stereocenters. The molecule has 1 aliphatic rings. The highest BCUT2D eigenvalue weighted by Gasteiger charge is 2.34. The number of nitrogens with one attached hydrogen (secondary N) is 1. The van der Waals surface area contributed by atoms with Gasteiger partial charge in [-0.25, -0.2) is 0 Å². The third-order valence-electron chi connectivity index (χ3n) is 3.49. The summed E-state index contributed by atoms with van der Waals surface area (Å²) in [5.74, 6) is 0. The van der Waals surface area contributed by atoms with E-state index < -0.39 is 0 Å². The lowest BCUT2D eigenvalue weighted by molar-refractivity contribution is -0.0178. The Labute approximate surface area is 99.9 Å². The quantitative estimate of drug-likeness (QED) is 0.693. The fourth-order valence-electron chi connectivity index (χ4n) is 2.34. The van der Waals surface area contributed by atoms with E-state index >= 15 is 0 Å². The molecule has 0 aromatic carbocycles. The number of hydrogen-bond acceptors (Lipinski definition) is 3. The lowest BCUT2D eigenvalue weighted by Crippen LogP contribution is -2.46. The summed E-state index contributed by atoms with van der Waals surface area (Å²) in [5.41, 5.74) is -0.0697. The van der Waals surface area contributed by atoms with Gasteiger partial charge in [0.2, 0.25) is 0 Å². The fourth-order valence-corrected chi connectivity index (χ4v) is 2.34. The van der Waals surface area contributed by atoms with Gasteiger partial charge < -0.3 is 14.8 Å². The minimum Gasteiger partial charge on any atom is -0.378 e. The Morgan fingerprint density at radius 3 is 2.44 bits per heavy atom. The van der Waals surface area contributed by atoms with Crippen LogP contribution in [0.1, 0.15) is 46.0 Å². The molecule has 1 aliphatic heterocycles. The molecule has 0 amide bonds. The first-order chi connectivity index (χ1) is 7.76. The van der Waals surface area contributed by atoms with Crippen LogP contribution < -0.4 is 5.32 Å². The Kier molecular flexibility index (Phi) is 6.32. The Morgan fingerprint density at radius 2 is 2.00 bits per heavy atom. The maximum atomic E-state index is 5.62. The Bertz CT molecular complexity index is 173. The minimum absolute atomic E-state index is 0.0697. The molecule has 0 bridgehead atoms. The molecule has 1 heterocycles. The molecule has 1 rings (SSSR count). The van der Waals surface area contributed by atoms with Crippen molar-refractivity contribution >= 4 is 0 Å². The highest BCUT2D eigenvalue weighted by molar-refractivity contribution is 4.88. The molecule has 0 radical (unpaired) electrons. The summed E-state index contributed by atoms with van der Waals surface area (Å²) in [4.78, 5) is 0. The van der Waals surface area contributed by atoms with E-state index in [9.17, 15) is 0 Å². The Hall–Kier alpha value is -0.120. The van der Waals surface area contributed by atoms with Crippen LogP contribution in [-0.4, -0.2) is 38.5 Å². The van der Waals surface area contributed by atoms with Crippen molar-refractivity contribution in [2.75, 3.05) is 26.9 Å². The van der Waals surface area contributed by atoms with Gasteiger partial charge >= 0.3 is 0 Å². The number of methoxy groups -OCH3 is 1. The van der Waals surface area contributed by atoms with Crippen LogP contribution in [0.15, 0.2) is 0 Å². The third kappa shape index (κ3) is 4.04. The molecular formula is C13H27NO2. The molecule has 1 N–H and O–H groups in total. The van der Waals surface area contributed by atoms with E-state index in [1.807, 2.05) is 0 Å². The van der Waals surface area contributed by atoms with Gasteiger partial charge in [0.05, 0.1) is 6.61 Å². The zero-order valence-electron chi connectivity index (χ0n) is 11.1. The van der Waals surface area contributed by atoms with E-state index in [1.165, 1.54) is 25.7 Å². The zero-order chi connectivity index (χ0) is 11.9. The van der Waals surface area contributed by atoms with Crippen LogP contribution in [0.3, 0.4) is 0 Å². The van der Waals surface area contributed by atoms with E-state index in [2.05, 4.69) is 19.2 Å². The van der Waals surface area contributed by atoms with Crippen LogP contribution in [0.4, 0.5) is 0 Å². The molecule has 0 aromatic rings. The molecule has 1 atom stereocenters. The molecule has 3 heteroatoms. The molecule has 0 aliphatic carbocycles. The molecule has 1 saturated heterocycles. The summed E-state index contributed by atoms with van der Waals surface area (Å²) in [7, 11) is 1.80. The standard InChI is InChI=1S/C13H27NO2/c1-4-6-12(7-5-2)14-10-13(15-3)8-9-16-11-13/h12,14H,4-11H2,1-3H3. The zero-order valence-corrected chi connectivity index (χ0v) is 11.1. The lowest BCUT2D eigenvalue weighted by atomic mass is 10.0. The molecule has 0 spiro atoms. The molecule has 96 valence electrons. The van der Waals surface area contributed by atoms with Gasteiger partial charge in [0.25, 0.3) is 0 Å². The molecule has 3 nitrogen and oxygen atoms in total. The number of rotatable bonds is 8. The average Bonchev–Trinajstić information content (AvgIpc) is 2.76. The van der Waals surface area contributed by atoms with Gasteiger partial charge in [0.15, 0.2) is 0 Å². The van der Waals surface area contributed by atoms with E-state index in [0.29, 0.717) is 6.04 Å². The number of ether oxygens (including phenoxy) is 2. The van der Waals surface area contributed by atoms with Gasteiger partial charge in [-0.3, -0.25) is 0 Å². The predicted octanol–water partition coefficient (Wildman–Crippen LogP) is 2.35. The van der Waals surface area contributed by atoms with Gasteiger partial charge in [-0.05, 0) is 12.8 Å². The summed E-state index contributed by atoms with van der Waals surface area (Å²) in [6.45, 7) is 6.99.